The molecular formula is C14H10Br2N2O3S2. The summed E-state index contributed by atoms with van der Waals surface area (Å²) in [5, 5.41) is 12.3. The summed E-state index contributed by atoms with van der Waals surface area (Å²) >= 11 is 8.97. The van der Waals surface area contributed by atoms with Gasteiger partial charge in [-0.05, 0) is 57.3 Å². The fourth-order valence-electron chi connectivity index (χ4n) is 1.75. The Morgan fingerprint density at radius 3 is 2.61 bits per heavy atom. The molecule has 0 aromatic carbocycles. The summed E-state index contributed by atoms with van der Waals surface area (Å²) in [6.45, 7) is 3.62. The zero-order chi connectivity index (χ0) is 17.1. The zero-order valence-electron chi connectivity index (χ0n) is 12.0. The Kier molecular flexibility index (Phi) is 5.97. The van der Waals surface area contributed by atoms with E-state index in [2.05, 4.69) is 37.2 Å². The first-order valence-electron chi connectivity index (χ1n) is 6.35. The molecule has 2 rings (SSSR count). The Morgan fingerprint density at radius 2 is 2.09 bits per heavy atom. The molecule has 1 amide bonds. The molecule has 2 aromatic rings. The molecule has 0 radical (unpaired) electrons. The Hall–Kier alpha value is -1.21. The molecule has 0 spiro atoms. The van der Waals surface area contributed by atoms with Crippen molar-refractivity contribution in [3.8, 4) is 6.07 Å². The van der Waals surface area contributed by atoms with Gasteiger partial charge in [-0.25, -0.2) is 4.79 Å². The number of rotatable bonds is 4. The monoisotopic (exact) mass is 476 g/mol. The summed E-state index contributed by atoms with van der Waals surface area (Å²) in [5.74, 6) is -0.830. The van der Waals surface area contributed by atoms with Crippen LogP contribution in [0.3, 0.4) is 0 Å². The van der Waals surface area contributed by atoms with Crippen molar-refractivity contribution in [2.24, 2.45) is 0 Å². The fraction of sp³-hybridized carbons (Fsp3) is 0.214. The van der Waals surface area contributed by atoms with Gasteiger partial charge in [-0.15, -0.1) is 22.7 Å². The molecule has 2 aromatic heterocycles. The second kappa shape index (κ2) is 7.57. The second-order valence-corrected chi connectivity index (χ2v) is 8.52. The minimum absolute atomic E-state index is 0.247. The van der Waals surface area contributed by atoms with E-state index in [9.17, 15) is 14.9 Å². The Labute approximate surface area is 157 Å². The van der Waals surface area contributed by atoms with Crippen LogP contribution >= 0.6 is 54.5 Å². The van der Waals surface area contributed by atoms with Gasteiger partial charge in [-0.3, -0.25) is 4.79 Å². The number of amides is 1. The number of carbonyl (C=O) groups is 2. The van der Waals surface area contributed by atoms with E-state index in [4.69, 9.17) is 4.74 Å². The van der Waals surface area contributed by atoms with Gasteiger partial charge in [0.15, 0.2) is 0 Å². The Bertz CT molecular complexity index is 801. The van der Waals surface area contributed by atoms with Gasteiger partial charge in [0.2, 0.25) is 0 Å². The van der Waals surface area contributed by atoms with E-state index in [1.54, 1.807) is 19.9 Å². The maximum absolute atomic E-state index is 12.3. The highest BCUT2D eigenvalue weighted by Gasteiger charge is 2.23. The van der Waals surface area contributed by atoms with Crippen LogP contribution in [0.15, 0.2) is 14.3 Å². The summed E-state index contributed by atoms with van der Waals surface area (Å²) in [6, 6.07) is 3.71. The molecule has 1 N–H and O–H groups in total. The van der Waals surface area contributed by atoms with Crippen LogP contribution in [0.4, 0.5) is 5.00 Å². The standard InChI is InChI=1S/C14H10Br2N2O3S2/c1-3-21-14(20)10-6(2)7(5-17)13(23-10)18-12(19)9-4-8(15)11(16)22-9/h4H,3H2,1-2H3,(H,18,19). The van der Waals surface area contributed by atoms with Crippen LogP contribution in [0.25, 0.3) is 0 Å². The second-order valence-electron chi connectivity index (χ2n) is 4.28. The quantitative estimate of drug-likeness (QED) is 0.632. The molecule has 0 aliphatic carbocycles. The SMILES string of the molecule is CCOC(=O)c1sc(NC(=O)c2cc(Br)c(Br)s2)c(C#N)c1C. The number of ether oxygens (including phenoxy) is 1. The van der Waals surface area contributed by atoms with Crippen molar-refractivity contribution in [1.82, 2.24) is 0 Å². The average molecular weight is 478 g/mol. The average Bonchev–Trinajstić information content (AvgIpc) is 3.00. The number of esters is 1. The summed E-state index contributed by atoms with van der Waals surface area (Å²) in [4.78, 5) is 25.0. The van der Waals surface area contributed by atoms with Crippen molar-refractivity contribution in [3.05, 3.63) is 35.2 Å². The first-order chi connectivity index (χ1) is 10.9. The third kappa shape index (κ3) is 3.83. The number of halogens is 2. The van der Waals surface area contributed by atoms with Crippen molar-refractivity contribution >= 4 is 71.4 Å². The van der Waals surface area contributed by atoms with Crippen LogP contribution < -0.4 is 5.32 Å². The van der Waals surface area contributed by atoms with Crippen molar-refractivity contribution in [3.63, 3.8) is 0 Å². The van der Waals surface area contributed by atoms with Gasteiger partial charge in [0.25, 0.3) is 5.91 Å². The fourth-order valence-corrected chi connectivity index (χ4v) is 4.73. The Balaban J connectivity index is 2.32. The molecule has 0 saturated carbocycles. The molecule has 0 atom stereocenters. The molecule has 0 unspecified atom stereocenters. The van der Waals surface area contributed by atoms with Crippen LogP contribution in [0.5, 0.6) is 0 Å². The lowest BCUT2D eigenvalue weighted by atomic mass is 10.2. The predicted molar refractivity (Wildman–Crippen MR) is 97.4 cm³/mol. The van der Waals surface area contributed by atoms with E-state index in [0.717, 1.165) is 19.6 Å². The van der Waals surface area contributed by atoms with Crippen molar-refractivity contribution < 1.29 is 14.3 Å². The lowest BCUT2D eigenvalue weighted by Gasteiger charge is -2.00. The summed E-state index contributed by atoms with van der Waals surface area (Å²) in [7, 11) is 0. The third-order valence-corrected chi connectivity index (χ3v) is 7.26. The van der Waals surface area contributed by atoms with Crippen LogP contribution in [-0.2, 0) is 4.74 Å². The molecule has 0 saturated heterocycles. The number of nitrogens with one attached hydrogen (secondary N) is 1. The zero-order valence-corrected chi connectivity index (χ0v) is 16.8. The number of nitrogens with zero attached hydrogens (tertiary/aromatic N) is 1. The molecule has 120 valence electrons. The first kappa shape index (κ1) is 18.1. The van der Waals surface area contributed by atoms with E-state index in [1.165, 1.54) is 11.3 Å². The lowest BCUT2D eigenvalue weighted by molar-refractivity contribution is 0.0531. The summed E-state index contributed by atoms with van der Waals surface area (Å²) < 4.78 is 6.55. The van der Waals surface area contributed by atoms with Gasteiger partial charge in [-0.1, -0.05) is 0 Å². The highest BCUT2D eigenvalue weighted by Crippen LogP contribution is 2.35. The van der Waals surface area contributed by atoms with Crippen molar-refractivity contribution in [2.45, 2.75) is 13.8 Å². The van der Waals surface area contributed by atoms with Crippen molar-refractivity contribution in [1.29, 1.82) is 5.26 Å². The molecule has 2 heterocycles. The topological polar surface area (TPSA) is 79.2 Å². The highest BCUT2D eigenvalue weighted by atomic mass is 79.9. The van der Waals surface area contributed by atoms with E-state index in [-0.39, 0.29) is 18.1 Å². The van der Waals surface area contributed by atoms with Gasteiger partial charge in [0, 0.05) is 4.47 Å². The number of carbonyl (C=O) groups excluding carboxylic acids is 2. The van der Waals surface area contributed by atoms with E-state index >= 15 is 0 Å². The molecule has 0 bridgehead atoms. The van der Waals surface area contributed by atoms with E-state index < -0.39 is 5.97 Å². The van der Waals surface area contributed by atoms with E-state index in [1.807, 2.05) is 6.07 Å². The van der Waals surface area contributed by atoms with Crippen LogP contribution in [0.2, 0.25) is 0 Å². The molecule has 0 aliphatic rings. The number of anilines is 1. The Morgan fingerprint density at radius 1 is 1.39 bits per heavy atom. The van der Waals surface area contributed by atoms with Crippen molar-refractivity contribution in [2.75, 3.05) is 11.9 Å². The maximum Gasteiger partial charge on any atom is 0.348 e. The van der Waals surface area contributed by atoms with Gasteiger partial charge in [0.1, 0.15) is 15.9 Å². The largest absolute Gasteiger partial charge is 0.462 e. The van der Waals surface area contributed by atoms with Crippen LogP contribution in [0.1, 0.15) is 37.4 Å². The molecule has 5 nitrogen and oxygen atoms in total. The molecular weight excluding hydrogens is 468 g/mol. The smallest absolute Gasteiger partial charge is 0.348 e. The minimum atomic E-state index is -0.492. The van der Waals surface area contributed by atoms with Gasteiger partial charge >= 0.3 is 5.97 Å². The number of nitriles is 1. The number of thiophene rings is 2. The maximum atomic E-state index is 12.3. The predicted octanol–water partition coefficient (Wildman–Crippen LogP) is 4.94. The summed E-state index contributed by atoms with van der Waals surface area (Å²) in [6.07, 6.45) is 0. The van der Waals surface area contributed by atoms with E-state index in [0.29, 0.717) is 20.3 Å². The van der Waals surface area contributed by atoms with Crippen LogP contribution in [0, 0.1) is 18.3 Å². The van der Waals surface area contributed by atoms with Gasteiger partial charge in [-0.2, -0.15) is 5.26 Å². The molecule has 9 heteroatoms. The molecule has 23 heavy (non-hydrogen) atoms. The van der Waals surface area contributed by atoms with Gasteiger partial charge < -0.3 is 10.1 Å². The highest BCUT2D eigenvalue weighted by molar-refractivity contribution is 9.13. The third-order valence-electron chi connectivity index (χ3n) is 2.82. The summed E-state index contributed by atoms with van der Waals surface area (Å²) in [5.41, 5.74) is 0.792. The number of hydrogen-bond donors (Lipinski definition) is 1. The minimum Gasteiger partial charge on any atom is -0.462 e. The molecule has 0 fully saturated rings. The molecule has 0 aliphatic heterocycles. The van der Waals surface area contributed by atoms with Crippen LogP contribution in [-0.4, -0.2) is 18.5 Å². The number of hydrogen-bond acceptors (Lipinski definition) is 6. The lowest BCUT2D eigenvalue weighted by Crippen LogP contribution is -2.09. The van der Waals surface area contributed by atoms with Gasteiger partial charge in [0.05, 0.1) is 20.8 Å². The first-order valence-corrected chi connectivity index (χ1v) is 9.57. The normalized spacial score (nSPS) is 10.2.